The van der Waals surface area contributed by atoms with E-state index in [1.165, 1.54) is 17.8 Å². The van der Waals surface area contributed by atoms with Crippen LogP contribution in [0.4, 0.5) is 5.69 Å². The van der Waals surface area contributed by atoms with Gasteiger partial charge in [0, 0.05) is 28.7 Å². The molecule has 1 heterocycles. The van der Waals surface area contributed by atoms with E-state index in [0.717, 1.165) is 10.0 Å². The fourth-order valence-electron chi connectivity index (χ4n) is 1.43. The molecule has 4 nitrogen and oxygen atoms in total. The Labute approximate surface area is 117 Å². The van der Waals surface area contributed by atoms with Gasteiger partial charge in [0.2, 0.25) is 0 Å². The minimum Gasteiger partial charge on any atom is -0.263 e. The molecule has 0 spiro atoms. The fraction of sp³-hybridized carbons (Fsp3) is 0.0833. The van der Waals surface area contributed by atoms with Crippen LogP contribution in [0.15, 0.2) is 52.1 Å². The van der Waals surface area contributed by atoms with Gasteiger partial charge >= 0.3 is 0 Å². The van der Waals surface area contributed by atoms with Gasteiger partial charge in [-0.05, 0) is 33.6 Å². The minimum atomic E-state index is -0.360. The minimum absolute atomic E-state index is 0.144. The van der Waals surface area contributed by atoms with Crippen molar-refractivity contribution in [2.75, 3.05) is 0 Å². The van der Waals surface area contributed by atoms with Crippen molar-refractivity contribution >= 4 is 33.4 Å². The van der Waals surface area contributed by atoms with Gasteiger partial charge in [-0.15, -0.1) is 11.8 Å². The summed E-state index contributed by atoms with van der Waals surface area (Å²) in [4.78, 5) is 15.2. The summed E-state index contributed by atoms with van der Waals surface area (Å²) in [5, 5.41) is 10.9. The number of nitro groups is 1. The number of nitro benzene ring substituents is 1. The quantitative estimate of drug-likeness (QED) is 0.483. The molecule has 0 bridgehead atoms. The first kappa shape index (κ1) is 13.0. The van der Waals surface area contributed by atoms with Crippen LogP contribution >= 0.6 is 27.7 Å². The van der Waals surface area contributed by atoms with Gasteiger partial charge in [0.25, 0.3) is 5.69 Å². The van der Waals surface area contributed by atoms with E-state index in [4.69, 9.17) is 0 Å². The van der Waals surface area contributed by atoms with Crippen molar-refractivity contribution < 1.29 is 4.92 Å². The third-order valence-electron chi connectivity index (χ3n) is 2.22. The second-order valence-corrected chi connectivity index (χ2v) is 5.46. The molecule has 92 valence electrons. The molecule has 2 rings (SSSR count). The van der Waals surface area contributed by atoms with Crippen LogP contribution in [0.1, 0.15) is 5.56 Å². The summed E-state index contributed by atoms with van der Waals surface area (Å²) < 4.78 is 0.906. The molecule has 0 aliphatic heterocycles. The SMILES string of the molecule is O=[N+]([O-])c1ccccc1SCc1cncc(Br)c1. The van der Waals surface area contributed by atoms with Crippen LogP contribution in [0.2, 0.25) is 0 Å². The van der Waals surface area contributed by atoms with E-state index in [2.05, 4.69) is 20.9 Å². The number of halogens is 1. The lowest BCUT2D eigenvalue weighted by Gasteiger charge is -2.03. The normalized spacial score (nSPS) is 10.3. The second kappa shape index (κ2) is 5.97. The van der Waals surface area contributed by atoms with E-state index in [0.29, 0.717) is 10.6 Å². The molecule has 0 saturated carbocycles. The lowest BCUT2D eigenvalue weighted by molar-refractivity contribution is -0.387. The number of hydrogen-bond acceptors (Lipinski definition) is 4. The maximum Gasteiger partial charge on any atom is 0.282 e. The van der Waals surface area contributed by atoms with Gasteiger partial charge in [-0.1, -0.05) is 12.1 Å². The largest absolute Gasteiger partial charge is 0.282 e. The molecule has 0 amide bonds. The molecule has 18 heavy (non-hydrogen) atoms. The van der Waals surface area contributed by atoms with E-state index in [1.807, 2.05) is 6.07 Å². The van der Waals surface area contributed by atoms with Crippen LogP contribution in [-0.2, 0) is 5.75 Å². The predicted molar refractivity (Wildman–Crippen MR) is 74.6 cm³/mol. The van der Waals surface area contributed by atoms with Crippen molar-refractivity contribution in [2.24, 2.45) is 0 Å². The number of pyridine rings is 1. The fourth-order valence-corrected chi connectivity index (χ4v) is 2.78. The van der Waals surface area contributed by atoms with Crippen molar-refractivity contribution in [3.05, 3.63) is 62.9 Å². The molecule has 0 aliphatic carbocycles. The third-order valence-corrected chi connectivity index (χ3v) is 3.79. The van der Waals surface area contributed by atoms with E-state index in [-0.39, 0.29) is 10.6 Å². The first-order valence-electron chi connectivity index (χ1n) is 5.12. The summed E-state index contributed by atoms with van der Waals surface area (Å²) in [7, 11) is 0. The number of hydrogen-bond donors (Lipinski definition) is 0. The molecule has 1 aromatic heterocycles. The Morgan fingerprint density at radius 1 is 1.33 bits per heavy atom. The van der Waals surface area contributed by atoms with E-state index >= 15 is 0 Å². The van der Waals surface area contributed by atoms with Crippen LogP contribution in [-0.4, -0.2) is 9.91 Å². The van der Waals surface area contributed by atoms with Crippen LogP contribution in [0.5, 0.6) is 0 Å². The highest BCUT2D eigenvalue weighted by Crippen LogP contribution is 2.31. The Kier molecular flexibility index (Phi) is 4.33. The molecule has 0 radical (unpaired) electrons. The standard InChI is InChI=1S/C12H9BrN2O2S/c13-10-5-9(6-14-7-10)8-18-12-4-2-1-3-11(12)15(16)17/h1-7H,8H2. The topological polar surface area (TPSA) is 56.0 Å². The smallest absolute Gasteiger partial charge is 0.263 e. The third kappa shape index (κ3) is 3.30. The highest BCUT2D eigenvalue weighted by molar-refractivity contribution is 9.10. The van der Waals surface area contributed by atoms with Crippen LogP contribution in [0.25, 0.3) is 0 Å². The molecule has 0 saturated heterocycles. The Morgan fingerprint density at radius 3 is 2.83 bits per heavy atom. The van der Waals surface area contributed by atoms with Crippen molar-refractivity contribution in [3.8, 4) is 0 Å². The lowest BCUT2D eigenvalue weighted by atomic mass is 10.3. The molecule has 0 atom stereocenters. The Hall–Kier alpha value is -1.40. The van der Waals surface area contributed by atoms with Crippen LogP contribution < -0.4 is 0 Å². The maximum atomic E-state index is 10.9. The Balaban J connectivity index is 2.13. The number of aromatic nitrogens is 1. The van der Waals surface area contributed by atoms with Gasteiger partial charge in [-0.25, -0.2) is 0 Å². The molecule has 0 unspecified atom stereocenters. The van der Waals surface area contributed by atoms with Gasteiger partial charge in [0.15, 0.2) is 0 Å². The summed E-state index contributed by atoms with van der Waals surface area (Å²) in [6.45, 7) is 0. The highest BCUT2D eigenvalue weighted by Gasteiger charge is 2.12. The van der Waals surface area contributed by atoms with Gasteiger partial charge in [0.05, 0.1) is 9.82 Å². The zero-order valence-electron chi connectivity index (χ0n) is 9.25. The molecule has 0 N–H and O–H groups in total. The number of para-hydroxylation sites is 1. The average Bonchev–Trinajstić information content (AvgIpc) is 2.37. The van der Waals surface area contributed by atoms with Gasteiger partial charge < -0.3 is 0 Å². The zero-order valence-corrected chi connectivity index (χ0v) is 11.6. The summed E-state index contributed by atoms with van der Waals surface area (Å²) in [6.07, 6.45) is 3.46. The highest BCUT2D eigenvalue weighted by atomic mass is 79.9. The van der Waals surface area contributed by atoms with E-state index in [1.54, 1.807) is 30.6 Å². The van der Waals surface area contributed by atoms with Crippen molar-refractivity contribution in [1.29, 1.82) is 0 Å². The molecular formula is C12H9BrN2O2S. The van der Waals surface area contributed by atoms with Gasteiger partial charge in [0.1, 0.15) is 0 Å². The average molecular weight is 325 g/mol. The zero-order chi connectivity index (χ0) is 13.0. The molecule has 6 heteroatoms. The first-order chi connectivity index (χ1) is 8.66. The summed E-state index contributed by atoms with van der Waals surface area (Å²) >= 11 is 4.78. The van der Waals surface area contributed by atoms with Crippen molar-refractivity contribution in [2.45, 2.75) is 10.6 Å². The number of thioether (sulfide) groups is 1. The van der Waals surface area contributed by atoms with Gasteiger partial charge in [-0.2, -0.15) is 0 Å². The monoisotopic (exact) mass is 324 g/mol. The summed E-state index contributed by atoms with van der Waals surface area (Å²) in [6, 6.07) is 8.70. The molecule has 1 aromatic carbocycles. The molecule has 0 fully saturated rings. The maximum absolute atomic E-state index is 10.9. The Bertz CT molecular complexity index is 578. The first-order valence-corrected chi connectivity index (χ1v) is 6.90. The van der Waals surface area contributed by atoms with Crippen molar-refractivity contribution in [1.82, 2.24) is 4.98 Å². The van der Waals surface area contributed by atoms with E-state index < -0.39 is 0 Å². The van der Waals surface area contributed by atoms with Crippen LogP contribution in [0.3, 0.4) is 0 Å². The van der Waals surface area contributed by atoms with Gasteiger partial charge in [-0.3, -0.25) is 15.1 Å². The molecule has 2 aromatic rings. The lowest BCUT2D eigenvalue weighted by Crippen LogP contribution is -1.91. The van der Waals surface area contributed by atoms with E-state index in [9.17, 15) is 10.1 Å². The Morgan fingerprint density at radius 2 is 2.11 bits per heavy atom. The summed E-state index contributed by atoms with van der Waals surface area (Å²) in [5.74, 6) is 0.650. The number of benzene rings is 1. The second-order valence-electron chi connectivity index (χ2n) is 3.52. The predicted octanol–water partition coefficient (Wildman–Crippen LogP) is 4.04. The number of rotatable bonds is 4. The number of nitrogens with zero attached hydrogens (tertiary/aromatic N) is 2. The van der Waals surface area contributed by atoms with Crippen LogP contribution in [0, 0.1) is 10.1 Å². The van der Waals surface area contributed by atoms with Crippen molar-refractivity contribution in [3.63, 3.8) is 0 Å². The summed E-state index contributed by atoms with van der Waals surface area (Å²) in [5.41, 5.74) is 1.16. The molecule has 0 aliphatic rings. The molecular weight excluding hydrogens is 316 g/mol.